The molecule has 0 N–H and O–H groups in total. The normalized spacial score (nSPS) is 10.6. The Morgan fingerprint density at radius 3 is 2.40 bits per heavy atom. The molecule has 0 unspecified atom stereocenters. The van der Waals surface area contributed by atoms with Gasteiger partial charge in [0.1, 0.15) is 5.75 Å². The monoisotopic (exact) mass is 333 g/mol. The SMILES string of the molecule is COc1ccc2cc(CN(C)C(=O)CCc3ccccc3)ccc2c1. The van der Waals surface area contributed by atoms with E-state index in [0.717, 1.165) is 28.5 Å². The van der Waals surface area contributed by atoms with Crippen molar-refractivity contribution in [2.24, 2.45) is 0 Å². The Morgan fingerprint density at radius 2 is 1.64 bits per heavy atom. The summed E-state index contributed by atoms with van der Waals surface area (Å²) in [5, 5.41) is 2.30. The fourth-order valence-corrected chi connectivity index (χ4v) is 2.95. The third-order valence-corrected chi connectivity index (χ3v) is 4.43. The predicted molar refractivity (Wildman–Crippen MR) is 102 cm³/mol. The minimum atomic E-state index is 0.165. The Hall–Kier alpha value is -2.81. The first-order chi connectivity index (χ1) is 12.2. The molecule has 3 nitrogen and oxygen atoms in total. The van der Waals surface area contributed by atoms with Gasteiger partial charge < -0.3 is 9.64 Å². The van der Waals surface area contributed by atoms with Gasteiger partial charge >= 0.3 is 0 Å². The molecule has 3 heteroatoms. The van der Waals surface area contributed by atoms with Gasteiger partial charge in [-0.15, -0.1) is 0 Å². The molecule has 0 spiro atoms. The first-order valence-corrected chi connectivity index (χ1v) is 8.50. The molecule has 0 aliphatic rings. The van der Waals surface area contributed by atoms with Crippen molar-refractivity contribution in [3.05, 3.63) is 77.9 Å². The predicted octanol–water partition coefficient (Wildman–Crippen LogP) is 4.44. The second-order valence-corrected chi connectivity index (χ2v) is 6.28. The molecule has 0 heterocycles. The molecule has 3 rings (SSSR count). The highest BCUT2D eigenvalue weighted by Crippen LogP contribution is 2.22. The van der Waals surface area contributed by atoms with Crippen molar-refractivity contribution in [2.45, 2.75) is 19.4 Å². The molecular weight excluding hydrogens is 310 g/mol. The molecule has 0 fully saturated rings. The van der Waals surface area contributed by atoms with E-state index in [1.54, 1.807) is 12.0 Å². The Labute approximate surface area is 148 Å². The van der Waals surface area contributed by atoms with Gasteiger partial charge in [-0.2, -0.15) is 0 Å². The summed E-state index contributed by atoms with van der Waals surface area (Å²) in [7, 11) is 3.54. The smallest absolute Gasteiger partial charge is 0.222 e. The number of hydrogen-bond acceptors (Lipinski definition) is 2. The number of nitrogens with zero attached hydrogens (tertiary/aromatic N) is 1. The molecule has 0 bridgehead atoms. The number of rotatable bonds is 6. The van der Waals surface area contributed by atoms with Crippen molar-refractivity contribution >= 4 is 16.7 Å². The maximum atomic E-state index is 12.4. The van der Waals surface area contributed by atoms with Gasteiger partial charge in [0.05, 0.1) is 7.11 Å². The van der Waals surface area contributed by atoms with Crippen molar-refractivity contribution < 1.29 is 9.53 Å². The second-order valence-electron chi connectivity index (χ2n) is 6.28. The maximum Gasteiger partial charge on any atom is 0.222 e. The van der Waals surface area contributed by atoms with Crippen LogP contribution in [-0.2, 0) is 17.8 Å². The summed E-state index contributed by atoms with van der Waals surface area (Å²) in [5.74, 6) is 1.02. The largest absolute Gasteiger partial charge is 0.497 e. The number of carbonyl (C=O) groups is 1. The van der Waals surface area contributed by atoms with Crippen LogP contribution < -0.4 is 4.74 Å². The zero-order chi connectivity index (χ0) is 17.6. The molecule has 3 aromatic rings. The van der Waals surface area contributed by atoms with Crippen LogP contribution in [0, 0.1) is 0 Å². The number of fused-ring (bicyclic) bond motifs is 1. The van der Waals surface area contributed by atoms with E-state index in [1.807, 2.05) is 37.4 Å². The summed E-state index contributed by atoms with van der Waals surface area (Å²) < 4.78 is 5.26. The molecule has 0 saturated heterocycles. The molecular formula is C22H23NO2. The van der Waals surface area contributed by atoms with Crippen LogP contribution in [0.5, 0.6) is 5.75 Å². The van der Waals surface area contributed by atoms with Gasteiger partial charge in [-0.3, -0.25) is 4.79 Å². The third-order valence-electron chi connectivity index (χ3n) is 4.43. The standard InChI is InChI=1S/C22H23NO2/c1-23(22(24)13-9-17-6-4-3-5-7-17)16-18-8-10-20-15-21(25-2)12-11-19(20)14-18/h3-8,10-12,14-15H,9,13,16H2,1-2H3. The lowest BCUT2D eigenvalue weighted by Crippen LogP contribution is -2.26. The van der Waals surface area contributed by atoms with E-state index in [0.29, 0.717) is 13.0 Å². The minimum Gasteiger partial charge on any atom is -0.497 e. The van der Waals surface area contributed by atoms with Crippen LogP contribution in [0.1, 0.15) is 17.5 Å². The molecule has 0 saturated carbocycles. The first-order valence-electron chi connectivity index (χ1n) is 8.50. The number of carbonyl (C=O) groups excluding carboxylic acids is 1. The Kier molecular flexibility index (Phi) is 5.34. The van der Waals surface area contributed by atoms with E-state index >= 15 is 0 Å². The fraction of sp³-hybridized carbons (Fsp3) is 0.227. The zero-order valence-electron chi connectivity index (χ0n) is 14.7. The Bertz CT molecular complexity index is 858. The summed E-state index contributed by atoms with van der Waals surface area (Å²) in [6.07, 6.45) is 1.31. The molecule has 1 amide bonds. The van der Waals surface area contributed by atoms with Gasteiger partial charge in [-0.1, -0.05) is 48.5 Å². The van der Waals surface area contributed by atoms with Crippen LogP contribution in [0.15, 0.2) is 66.7 Å². The van der Waals surface area contributed by atoms with Crippen LogP contribution in [-0.4, -0.2) is 25.0 Å². The van der Waals surface area contributed by atoms with Gasteiger partial charge in [-0.05, 0) is 46.5 Å². The topological polar surface area (TPSA) is 29.5 Å². The highest BCUT2D eigenvalue weighted by molar-refractivity contribution is 5.84. The van der Waals surface area contributed by atoms with Crippen molar-refractivity contribution in [3.63, 3.8) is 0 Å². The van der Waals surface area contributed by atoms with E-state index in [-0.39, 0.29) is 5.91 Å². The summed E-state index contributed by atoms with van der Waals surface area (Å²) in [5.41, 5.74) is 2.33. The Morgan fingerprint density at radius 1 is 0.920 bits per heavy atom. The molecule has 0 aromatic heterocycles. The average molecular weight is 333 g/mol. The first kappa shape index (κ1) is 17.0. The van der Waals surface area contributed by atoms with Crippen LogP contribution in [0.4, 0.5) is 0 Å². The molecule has 0 radical (unpaired) electrons. The minimum absolute atomic E-state index is 0.165. The fourth-order valence-electron chi connectivity index (χ4n) is 2.95. The quantitative estimate of drug-likeness (QED) is 0.667. The molecule has 0 aliphatic heterocycles. The lowest BCUT2D eigenvalue weighted by Gasteiger charge is -2.18. The number of aryl methyl sites for hydroxylation is 1. The summed E-state index contributed by atoms with van der Waals surface area (Å²) in [4.78, 5) is 14.2. The number of amides is 1. The van der Waals surface area contributed by atoms with Crippen LogP contribution >= 0.6 is 0 Å². The summed E-state index contributed by atoms with van der Waals surface area (Å²) in [6, 6.07) is 22.4. The number of methoxy groups -OCH3 is 1. The summed E-state index contributed by atoms with van der Waals surface area (Å²) >= 11 is 0. The second kappa shape index (κ2) is 7.84. The lowest BCUT2D eigenvalue weighted by molar-refractivity contribution is -0.130. The Balaban J connectivity index is 1.62. The van der Waals surface area contributed by atoms with Gasteiger partial charge in [-0.25, -0.2) is 0 Å². The van der Waals surface area contributed by atoms with E-state index in [2.05, 4.69) is 36.4 Å². The highest BCUT2D eigenvalue weighted by atomic mass is 16.5. The number of benzene rings is 3. The van der Waals surface area contributed by atoms with E-state index in [9.17, 15) is 4.79 Å². The van der Waals surface area contributed by atoms with Crippen LogP contribution in [0.25, 0.3) is 10.8 Å². The van der Waals surface area contributed by atoms with Gasteiger partial charge in [0, 0.05) is 20.0 Å². The number of hydrogen-bond donors (Lipinski definition) is 0. The van der Waals surface area contributed by atoms with Gasteiger partial charge in [0.15, 0.2) is 0 Å². The van der Waals surface area contributed by atoms with E-state index < -0.39 is 0 Å². The van der Waals surface area contributed by atoms with Gasteiger partial charge in [0.25, 0.3) is 0 Å². The van der Waals surface area contributed by atoms with Crippen LogP contribution in [0.2, 0.25) is 0 Å². The van der Waals surface area contributed by atoms with E-state index in [4.69, 9.17) is 4.74 Å². The molecule has 0 atom stereocenters. The molecule has 0 aliphatic carbocycles. The maximum absolute atomic E-state index is 12.4. The zero-order valence-corrected chi connectivity index (χ0v) is 14.7. The number of ether oxygens (including phenoxy) is 1. The molecule has 128 valence electrons. The van der Waals surface area contributed by atoms with Crippen molar-refractivity contribution in [2.75, 3.05) is 14.2 Å². The van der Waals surface area contributed by atoms with Crippen molar-refractivity contribution in [1.82, 2.24) is 4.90 Å². The molecule has 3 aromatic carbocycles. The van der Waals surface area contributed by atoms with Crippen LogP contribution in [0.3, 0.4) is 0 Å². The average Bonchev–Trinajstić information content (AvgIpc) is 2.66. The van der Waals surface area contributed by atoms with Crippen molar-refractivity contribution in [3.8, 4) is 5.75 Å². The van der Waals surface area contributed by atoms with E-state index in [1.165, 1.54) is 5.56 Å². The van der Waals surface area contributed by atoms with Gasteiger partial charge in [0.2, 0.25) is 5.91 Å². The van der Waals surface area contributed by atoms with Crippen molar-refractivity contribution in [1.29, 1.82) is 0 Å². The third kappa shape index (κ3) is 4.38. The summed E-state index contributed by atoms with van der Waals surface area (Å²) in [6.45, 7) is 0.621. The lowest BCUT2D eigenvalue weighted by atomic mass is 10.1. The highest BCUT2D eigenvalue weighted by Gasteiger charge is 2.10. The molecule has 25 heavy (non-hydrogen) atoms.